The van der Waals surface area contributed by atoms with Crippen molar-refractivity contribution in [1.29, 1.82) is 0 Å². The number of hydrogen-bond donors (Lipinski definition) is 0. The Bertz CT molecular complexity index is 334. The Kier molecular flexibility index (Phi) is 4.85. The summed E-state index contributed by atoms with van der Waals surface area (Å²) in [7, 11) is 0. The van der Waals surface area contributed by atoms with Crippen LogP contribution < -0.4 is 0 Å². The van der Waals surface area contributed by atoms with Gasteiger partial charge in [-0.15, -0.1) is 23.4 Å². The summed E-state index contributed by atoms with van der Waals surface area (Å²) in [6.45, 7) is 2.23. The maximum absolute atomic E-state index is 5.63. The van der Waals surface area contributed by atoms with E-state index in [4.69, 9.17) is 16.1 Å². The van der Waals surface area contributed by atoms with E-state index in [-0.39, 0.29) is 0 Å². The van der Waals surface area contributed by atoms with Gasteiger partial charge in [0.1, 0.15) is 0 Å². The SMILES string of the molecule is CC1SCCSC1c1noc(CCCCl)n1. The smallest absolute Gasteiger partial charge is 0.226 e. The maximum atomic E-state index is 5.63. The second-order valence-electron chi connectivity index (χ2n) is 3.71. The van der Waals surface area contributed by atoms with Crippen LogP contribution in [0.25, 0.3) is 0 Å². The van der Waals surface area contributed by atoms with Crippen LogP contribution in [0.4, 0.5) is 0 Å². The Labute approximate surface area is 109 Å². The van der Waals surface area contributed by atoms with Crippen LogP contribution in [-0.4, -0.2) is 32.8 Å². The summed E-state index contributed by atoms with van der Waals surface area (Å²) in [5, 5.41) is 5.03. The molecule has 90 valence electrons. The molecule has 1 saturated heterocycles. The summed E-state index contributed by atoms with van der Waals surface area (Å²) in [6, 6.07) is 0. The largest absolute Gasteiger partial charge is 0.339 e. The highest BCUT2D eigenvalue weighted by atomic mass is 35.5. The zero-order chi connectivity index (χ0) is 11.4. The Hall–Kier alpha value is 0.130. The van der Waals surface area contributed by atoms with Gasteiger partial charge in [0, 0.05) is 29.1 Å². The topological polar surface area (TPSA) is 38.9 Å². The van der Waals surface area contributed by atoms with Gasteiger partial charge in [-0.25, -0.2) is 0 Å². The van der Waals surface area contributed by atoms with Gasteiger partial charge >= 0.3 is 0 Å². The van der Waals surface area contributed by atoms with Crippen molar-refractivity contribution in [3.05, 3.63) is 11.7 Å². The minimum absolute atomic E-state index is 0.382. The van der Waals surface area contributed by atoms with Crippen LogP contribution in [0.15, 0.2) is 4.52 Å². The molecule has 2 heterocycles. The number of halogens is 1. The van der Waals surface area contributed by atoms with Crippen LogP contribution >= 0.6 is 35.1 Å². The molecule has 1 aromatic heterocycles. The Morgan fingerprint density at radius 3 is 3.00 bits per heavy atom. The van der Waals surface area contributed by atoms with Crippen molar-refractivity contribution in [1.82, 2.24) is 10.1 Å². The highest BCUT2D eigenvalue weighted by Crippen LogP contribution is 2.41. The van der Waals surface area contributed by atoms with Gasteiger partial charge in [0.2, 0.25) is 5.89 Å². The molecule has 0 spiro atoms. The lowest BCUT2D eigenvalue weighted by Crippen LogP contribution is -2.16. The molecule has 0 aromatic carbocycles. The molecule has 0 N–H and O–H groups in total. The summed E-state index contributed by atoms with van der Waals surface area (Å²) in [5.74, 6) is 4.61. The summed E-state index contributed by atoms with van der Waals surface area (Å²) < 4.78 is 5.23. The fraction of sp³-hybridized carbons (Fsp3) is 0.800. The second kappa shape index (κ2) is 6.17. The zero-order valence-electron chi connectivity index (χ0n) is 9.19. The third kappa shape index (κ3) is 3.08. The van der Waals surface area contributed by atoms with Gasteiger partial charge in [-0.2, -0.15) is 16.7 Å². The number of alkyl halides is 1. The molecule has 0 bridgehead atoms. The Morgan fingerprint density at radius 1 is 1.44 bits per heavy atom. The van der Waals surface area contributed by atoms with Crippen molar-refractivity contribution in [2.75, 3.05) is 17.4 Å². The van der Waals surface area contributed by atoms with Gasteiger partial charge in [0.05, 0.1) is 5.25 Å². The number of nitrogens with zero attached hydrogens (tertiary/aromatic N) is 2. The highest BCUT2D eigenvalue weighted by molar-refractivity contribution is 8.06. The van der Waals surface area contributed by atoms with E-state index >= 15 is 0 Å². The number of aromatic nitrogens is 2. The third-order valence-corrected chi connectivity index (χ3v) is 5.80. The molecular formula is C10H15ClN2OS2. The summed E-state index contributed by atoms with van der Waals surface area (Å²) in [6.07, 6.45) is 1.68. The van der Waals surface area contributed by atoms with E-state index in [1.54, 1.807) is 0 Å². The molecule has 2 atom stereocenters. The summed E-state index contributed by atoms with van der Waals surface area (Å²) in [5.41, 5.74) is 0. The quantitative estimate of drug-likeness (QED) is 0.791. The van der Waals surface area contributed by atoms with Crippen molar-refractivity contribution < 1.29 is 4.52 Å². The van der Waals surface area contributed by atoms with Crippen LogP contribution in [0, 0.1) is 0 Å². The van der Waals surface area contributed by atoms with Crippen molar-refractivity contribution in [2.24, 2.45) is 0 Å². The maximum Gasteiger partial charge on any atom is 0.226 e. The minimum atomic E-state index is 0.382. The lowest BCUT2D eigenvalue weighted by Gasteiger charge is -2.24. The van der Waals surface area contributed by atoms with Crippen molar-refractivity contribution in [2.45, 2.75) is 30.3 Å². The molecule has 2 unspecified atom stereocenters. The van der Waals surface area contributed by atoms with Crippen molar-refractivity contribution >= 4 is 35.1 Å². The molecule has 1 fully saturated rings. The van der Waals surface area contributed by atoms with Crippen molar-refractivity contribution in [3.8, 4) is 0 Å². The first-order valence-corrected chi connectivity index (χ1v) is 8.06. The normalized spacial score (nSPS) is 25.9. The average molecular weight is 279 g/mol. The van der Waals surface area contributed by atoms with Gasteiger partial charge in [0.25, 0.3) is 0 Å². The molecule has 1 aliphatic heterocycles. The number of rotatable bonds is 4. The van der Waals surface area contributed by atoms with Crippen LogP contribution in [0.3, 0.4) is 0 Å². The lowest BCUT2D eigenvalue weighted by atomic mass is 10.3. The van der Waals surface area contributed by atoms with Gasteiger partial charge in [-0.1, -0.05) is 12.1 Å². The molecule has 6 heteroatoms. The summed E-state index contributed by atoms with van der Waals surface area (Å²) >= 11 is 9.55. The average Bonchev–Trinajstić information content (AvgIpc) is 2.75. The van der Waals surface area contributed by atoms with Gasteiger partial charge < -0.3 is 4.52 Å². The number of hydrogen-bond acceptors (Lipinski definition) is 5. The van der Waals surface area contributed by atoms with Gasteiger partial charge in [-0.05, 0) is 6.42 Å². The number of aryl methyl sites for hydroxylation is 1. The molecule has 0 amide bonds. The van der Waals surface area contributed by atoms with E-state index in [1.807, 2.05) is 23.5 Å². The van der Waals surface area contributed by atoms with E-state index < -0.39 is 0 Å². The molecule has 16 heavy (non-hydrogen) atoms. The van der Waals surface area contributed by atoms with Crippen LogP contribution in [-0.2, 0) is 6.42 Å². The van der Waals surface area contributed by atoms with E-state index in [0.717, 1.165) is 24.6 Å². The molecule has 1 aliphatic rings. The number of thioether (sulfide) groups is 2. The Morgan fingerprint density at radius 2 is 2.25 bits per heavy atom. The molecule has 0 saturated carbocycles. The fourth-order valence-electron chi connectivity index (χ4n) is 1.62. The highest BCUT2D eigenvalue weighted by Gasteiger charge is 2.28. The molecule has 3 nitrogen and oxygen atoms in total. The first-order valence-electron chi connectivity index (χ1n) is 5.43. The molecule has 0 radical (unpaired) electrons. The standard InChI is InChI=1S/C10H15ClN2OS2/c1-7-9(16-6-5-15-7)10-12-8(14-13-10)3-2-4-11/h7,9H,2-6H2,1H3. The van der Waals surface area contributed by atoms with Gasteiger partial charge in [-0.3, -0.25) is 0 Å². The monoisotopic (exact) mass is 278 g/mol. The van der Waals surface area contributed by atoms with Crippen molar-refractivity contribution in [3.63, 3.8) is 0 Å². The molecule has 1 aromatic rings. The third-order valence-electron chi connectivity index (χ3n) is 2.45. The molecule has 0 aliphatic carbocycles. The predicted molar refractivity (Wildman–Crippen MR) is 70.5 cm³/mol. The van der Waals surface area contributed by atoms with E-state index in [2.05, 4.69) is 17.1 Å². The Balaban J connectivity index is 1.99. The molecular weight excluding hydrogens is 264 g/mol. The van der Waals surface area contributed by atoms with Gasteiger partial charge in [0.15, 0.2) is 5.82 Å². The van der Waals surface area contributed by atoms with Crippen LogP contribution in [0.5, 0.6) is 0 Å². The lowest BCUT2D eigenvalue weighted by molar-refractivity contribution is 0.372. The molecule has 2 rings (SSSR count). The summed E-state index contributed by atoms with van der Waals surface area (Å²) in [4.78, 5) is 4.45. The van der Waals surface area contributed by atoms with Crippen LogP contribution in [0.2, 0.25) is 0 Å². The first-order chi connectivity index (χ1) is 7.81. The van der Waals surface area contributed by atoms with E-state index in [1.165, 1.54) is 11.5 Å². The van der Waals surface area contributed by atoms with Crippen LogP contribution in [0.1, 0.15) is 30.3 Å². The second-order valence-corrected chi connectivity index (χ2v) is 6.82. The zero-order valence-corrected chi connectivity index (χ0v) is 11.6. The fourth-order valence-corrected chi connectivity index (χ4v) is 4.43. The van der Waals surface area contributed by atoms with E-state index in [9.17, 15) is 0 Å². The predicted octanol–water partition coefficient (Wildman–Crippen LogP) is 3.15. The van der Waals surface area contributed by atoms with E-state index in [0.29, 0.717) is 16.4 Å². The first kappa shape index (κ1) is 12.6. The minimum Gasteiger partial charge on any atom is -0.339 e.